The first kappa shape index (κ1) is 14.7. The fraction of sp³-hybridized carbons (Fsp3) is 0.643. The first-order valence-corrected chi connectivity index (χ1v) is 6.94. The molecule has 0 radical (unpaired) electrons. The monoisotopic (exact) mass is 279 g/mol. The Morgan fingerprint density at radius 1 is 1.55 bits per heavy atom. The molecule has 2 rings (SSSR count). The molecule has 1 fully saturated rings. The Labute approximate surface area is 118 Å². The highest BCUT2D eigenvalue weighted by molar-refractivity contribution is 5.85. The number of hydrogen-bond acceptors (Lipinski definition) is 6. The van der Waals surface area contributed by atoms with E-state index in [9.17, 15) is 4.79 Å². The maximum Gasteiger partial charge on any atom is 0.376 e. The van der Waals surface area contributed by atoms with Crippen molar-refractivity contribution in [2.75, 3.05) is 31.7 Å². The van der Waals surface area contributed by atoms with Crippen molar-refractivity contribution in [1.29, 1.82) is 0 Å². The summed E-state index contributed by atoms with van der Waals surface area (Å²) in [6.07, 6.45) is 3.01. The Kier molecular flexibility index (Phi) is 4.89. The Balaban J connectivity index is 2.19. The van der Waals surface area contributed by atoms with E-state index in [0.29, 0.717) is 5.92 Å². The van der Waals surface area contributed by atoms with Crippen LogP contribution in [0.25, 0.3) is 0 Å². The molecular formula is C14H21N3O3. The molecule has 1 atom stereocenters. The van der Waals surface area contributed by atoms with Crippen LogP contribution in [-0.4, -0.2) is 47.8 Å². The van der Waals surface area contributed by atoms with Gasteiger partial charge in [-0.25, -0.2) is 14.8 Å². The average Bonchev–Trinajstić information content (AvgIpc) is 2.46. The fourth-order valence-electron chi connectivity index (χ4n) is 2.59. The van der Waals surface area contributed by atoms with Crippen LogP contribution in [0.2, 0.25) is 0 Å². The largest absolute Gasteiger partial charge is 0.463 e. The van der Waals surface area contributed by atoms with Crippen molar-refractivity contribution in [3.05, 3.63) is 17.6 Å². The lowest BCUT2D eigenvalue weighted by Crippen LogP contribution is -2.36. The van der Waals surface area contributed by atoms with Crippen molar-refractivity contribution in [2.24, 2.45) is 5.92 Å². The van der Waals surface area contributed by atoms with Crippen LogP contribution in [0.15, 0.2) is 6.07 Å². The lowest BCUT2D eigenvalue weighted by Gasteiger charge is -2.33. The molecule has 0 saturated carbocycles. The van der Waals surface area contributed by atoms with Gasteiger partial charge in [0.15, 0.2) is 0 Å². The summed E-state index contributed by atoms with van der Waals surface area (Å²) in [4.78, 5) is 22.1. The number of anilines is 1. The van der Waals surface area contributed by atoms with Crippen LogP contribution in [0.3, 0.4) is 0 Å². The molecule has 6 nitrogen and oxygen atoms in total. The number of rotatable bonds is 4. The van der Waals surface area contributed by atoms with Crippen molar-refractivity contribution in [1.82, 2.24) is 9.97 Å². The number of aryl methyl sites for hydroxylation is 1. The Bertz CT molecular complexity index is 477. The third kappa shape index (κ3) is 3.45. The maximum atomic E-state index is 11.6. The van der Waals surface area contributed by atoms with Crippen LogP contribution in [0.5, 0.6) is 0 Å². The molecule has 0 amide bonds. The number of carbonyl (C=O) groups excluding carboxylic acids is 1. The molecule has 1 saturated heterocycles. The summed E-state index contributed by atoms with van der Waals surface area (Å²) < 4.78 is 4.68. The van der Waals surface area contributed by atoms with Gasteiger partial charge in [0.25, 0.3) is 0 Å². The summed E-state index contributed by atoms with van der Waals surface area (Å²) in [5, 5.41) is 9.06. The van der Waals surface area contributed by atoms with Gasteiger partial charge in [-0.2, -0.15) is 0 Å². The first-order valence-electron chi connectivity index (χ1n) is 6.94. The van der Waals surface area contributed by atoms with Crippen LogP contribution in [0, 0.1) is 12.8 Å². The second kappa shape index (κ2) is 6.65. The highest BCUT2D eigenvalue weighted by Crippen LogP contribution is 2.24. The molecule has 0 bridgehead atoms. The number of carbonyl (C=O) groups is 1. The van der Waals surface area contributed by atoms with E-state index in [4.69, 9.17) is 5.11 Å². The third-order valence-corrected chi connectivity index (χ3v) is 3.59. The average molecular weight is 279 g/mol. The van der Waals surface area contributed by atoms with Gasteiger partial charge in [-0.1, -0.05) is 0 Å². The zero-order chi connectivity index (χ0) is 14.5. The number of methoxy groups -OCH3 is 1. The Morgan fingerprint density at radius 2 is 2.35 bits per heavy atom. The number of aromatic nitrogens is 2. The number of ether oxygens (including phenoxy) is 1. The van der Waals surface area contributed by atoms with E-state index in [1.165, 1.54) is 7.11 Å². The van der Waals surface area contributed by atoms with Gasteiger partial charge >= 0.3 is 5.97 Å². The normalized spacial score (nSPS) is 18.9. The Hall–Kier alpha value is -1.69. The molecule has 1 aliphatic heterocycles. The molecule has 1 unspecified atom stereocenters. The standard InChI is InChI=1S/C14H21N3O3/c1-10-8-12(16-13(15-10)14(19)20-2)17-6-3-4-11(9-17)5-7-18/h8,11,18H,3-7,9H2,1-2H3. The minimum Gasteiger partial charge on any atom is -0.463 e. The molecule has 0 aliphatic carbocycles. The molecule has 1 aliphatic rings. The highest BCUT2D eigenvalue weighted by Gasteiger charge is 2.22. The third-order valence-electron chi connectivity index (χ3n) is 3.59. The fourth-order valence-corrected chi connectivity index (χ4v) is 2.59. The summed E-state index contributed by atoms with van der Waals surface area (Å²) >= 11 is 0. The molecule has 0 aromatic carbocycles. The second-order valence-corrected chi connectivity index (χ2v) is 5.15. The van der Waals surface area contributed by atoms with Gasteiger partial charge in [0.1, 0.15) is 5.82 Å². The topological polar surface area (TPSA) is 75.5 Å². The van der Waals surface area contributed by atoms with Gasteiger partial charge in [-0.15, -0.1) is 0 Å². The smallest absolute Gasteiger partial charge is 0.376 e. The predicted octanol–water partition coefficient (Wildman–Crippen LogP) is 1.17. The first-order chi connectivity index (χ1) is 9.63. The van der Waals surface area contributed by atoms with Crippen LogP contribution >= 0.6 is 0 Å². The molecule has 6 heteroatoms. The highest BCUT2D eigenvalue weighted by atomic mass is 16.5. The van der Waals surface area contributed by atoms with Crippen molar-refractivity contribution < 1.29 is 14.6 Å². The molecule has 2 heterocycles. The van der Waals surface area contributed by atoms with Gasteiger partial charge < -0.3 is 14.7 Å². The molecule has 1 aromatic rings. The molecule has 110 valence electrons. The van der Waals surface area contributed by atoms with E-state index in [1.807, 2.05) is 13.0 Å². The van der Waals surface area contributed by atoms with Crippen molar-refractivity contribution in [3.8, 4) is 0 Å². The number of hydrogen-bond donors (Lipinski definition) is 1. The summed E-state index contributed by atoms with van der Waals surface area (Å²) in [6, 6.07) is 1.88. The van der Waals surface area contributed by atoms with Crippen molar-refractivity contribution in [3.63, 3.8) is 0 Å². The summed E-state index contributed by atoms with van der Waals surface area (Å²) in [6.45, 7) is 3.83. The van der Waals surface area contributed by atoms with Gasteiger partial charge in [0, 0.05) is 31.5 Å². The number of aliphatic hydroxyl groups is 1. The van der Waals surface area contributed by atoms with Crippen LogP contribution in [0.1, 0.15) is 35.6 Å². The number of nitrogens with zero attached hydrogens (tertiary/aromatic N) is 3. The lowest BCUT2D eigenvalue weighted by molar-refractivity contribution is 0.0586. The second-order valence-electron chi connectivity index (χ2n) is 5.15. The van der Waals surface area contributed by atoms with Crippen molar-refractivity contribution in [2.45, 2.75) is 26.2 Å². The van der Waals surface area contributed by atoms with E-state index in [2.05, 4.69) is 19.6 Å². The van der Waals surface area contributed by atoms with Crippen LogP contribution in [-0.2, 0) is 4.74 Å². The van der Waals surface area contributed by atoms with Crippen LogP contribution in [0.4, 0.5) is 5.82 Å². The Morgan fingerprint density at radius 3 is 3.05 bits per heavy atom. The van der Waals surface area contributed by atoms with Crippen molar-refractivity contribution >= 4 is 11.8 Å². The van der Waals surface area contributed by atoms with E-state index in [1.54, 1.807) is 0 Å². The summed E-state index contributed by atoms with van der Waals surface area (Å²) in [5.74, 6) is 0.830. The predicted molar refractivity (Wildman–Crippen MR) is 74.7 cm³/mol. The molecule has 20 heavy (non-hydrogen) atoms. The van der Waals surface area contributed by atoms with Gasteiger partial charge in [0.05, 0.1) is 7.11 Å². The molecule has 1 aromatic heterocycles. The quantitative estimate of drug-likeness (QED) is 0.834. The van der Waals surface area contributed by atoms with Gasteiger partial charge in [-0.05, 0) is 32.1 Å². The van der Waals surface area contributed by atoms with E-state index in [0.717, 1.165) is 43.9 Å². The minimum absolute atomic E-state index is 0.104. The number of esters is 1. The number of piperidine rings is 1. The zero-order valence-corrected chi connectivity index (χ0v) is 12.0. The summed E-state index contributed by atoms with van der Waals surface area (Å²) in [5.41, 5.74) is 0.750. The summed E-state index contributed by atoms with van der Waals surface area (Å²) in [7, 11) is 1.33. The molecular weight excluding hydrogens is 258 g/mol. The van der Waals surface area contributed by atoms with Gasteiger partial charge in [0.2, 0.25) is 5.82 Å². The molecule has 0 spiro atoms. The lowest BCUT2D eigenvalue weighted by atomic mass is 9.95. The van der Waals surface area contributed by atoms with E-state index >= 15 is 0 Å². The van der Waals surface area contributed by atoms with E-state index in [-0.39, 0.29) is 12.4 Å². The minimum atomic E-state index is -0.515. The SMILES string of the molecule is COC(=O)c1nc(C)cc(N2CCCC(CCO)C2)n1. The maximum absolute atomic E-state index is 11.6. The number of aliphatic hydroxyl groups excluding tert-OH is 1. The van der Waals surface area contributed by atoms with E-state index < -0.39 is 5.97 Å². The van der Waals surface area contributed by atoms with Gasteiger partial charge in [-0.3, -0.25) is 0 Å². The zero-order valence-electron chi connectivity index (χ0n) is 12.0. The van der Waals surface area contributed by atoms with Crippen LogP contribution < -0.4 is 4.90 Å². The molecule has 1 N–H and O–H groups in total.